The topological polar surface area (TPSA) is 169 Å². The molecule has 0 bridgehead atoms. The second-order valence-corrected chi connectivity index (χ2v) is 8.40. The molecule has 0 aliphatic heterocycles. The molecule has 0 unspecified atom stereocenters. The first-order valence-corrected chi connectivity index (χ1v) is 11.4. The van der Waals surface area contributed by atoms with E-state index in [9.17, 15) is 0 Å². The van der Waals surface area contributed by atoms with Gasteiger partial charge in [-0.25, -0.2) is 4.99 Å². The maximum Gasteiger partial charge on any atom is 0.218 e. The molecular weight excluding hydrogens is 432 g/mol. The van der Waals surface area contributed by atoms with Gasteiger partial charge < -0.3 is 27.8 Å². The molecule has 0 aromatic carbocycles. The number of aliphatic imine (C=N–C) groups is 4. The Morgan fingerprint density at radius 1 is 1.06 bits per heavy atom. The molecule has 2 aromatic rings. The summed E-state index contributed by atoms with van der Waals surface area (Å²) in [5.41, 5.74) is 25.7. The van der Waals surface area contributed by atoms with Crippen LogP contribution in [0.4, 0.5) is 0 Å². The lowest BCUT2D eigenvalue weighted by Gasteiger charge is -2.17. The van der Waals surface area contributed by atoms with Gasteiger partial charge in [0.1, 0.15) is 0 Å². The zero-order valence-electron chi connectivity index (χ0n) is 17.8. The summed E-state index contributed by atoms with van der Waals surface area (Å²) in [4.78, 5) is 19.3. The molecule has 0 fully saturated rings. The van der Waals surface area contributed by atoms with Gasteiger partial charge in [-0.2, -0.15) is 16.3 Å². The van der Waals surface area contributed by atoms with Crippen LogP contribution in [-0.4, -0.2) is 55.9 Å². The van der Waals surface area contributed by atoms with Crippen LogP contribution in [0.3, 0.4) is 0 Å². The average molecular weight is 463 g/mol. The van der Waals surface area contributed by atoms with E-state index < -0.39 is 0 Å². The Bertz CT molecular complexity index is 927. The fourth-order valence-electron chi connectivity index (χ4n) is 2.42. The minimum atomic E-state index is 0.152. The third-order valence-corrected chi connectivity index (χ3v) is 5.92. The van der Waals surface area contributed by atoms with Gasteiger partial charge in [-0.3, -0.25) is 15.3 Å². The Morgan fingerprint density at radius 3 is 2.55 bits per heavy atom. The fourth-order valence-corrected chi connectivity index (χ4v) is 3.97. The third-order valence-electron chi connectivity index (χ3n) is 4.22. The fraction of sp³-hybridized carbons (Fsp3) is 0.368. The van der Waals surface area contributed by atoms with E-state index in [1.807, 2.05) is 17.3 Å². The Labute approximate surface area is 190 Å². The first-order valence-electron chi connectivity index (χ1n) is 9.59. The summed E-state index contributed by atoms with van der Waals surface area (Å²) in [6.45, 7) is 1.76. The molecule has 31 heavy (non-hydrogen) atoms. The highest BCUT2D eigenvalue weighted by Crippen LogP contribution is 2.16. The largest absolute Gasteiger partial charge is 0.370 e. The molecule has 10 nitrogen and oxygen atoms in total. The van der Waals surface area contributed by atoms with E-state index in [4.69, 9.17) is 22.9 Å². The zero-order chi connectivity index (χ0) is 22.6. The molecule has 0 aliphatic rings. The van der Waals surface area contributed by atoms with Crippen LogP contribution in [0.1, 0.15) is 16.0 Å². The van der Waals surface area contributed by atoms with Crippen LogP contribution in [0.25, 0.3) is 0 Å². The van der Waals surface area contributed by atoms with Crippen LogP contribution in [0.2, 0.25) is 0 Å². The standard InChI is InChI=1S/C19H30N10S2/c1-24-16(20)28-19(23)29(2)7-4-14-9-15(31-12-14)10-26-18(22)27-17(21)25-6-3-13-5-8-30-11-13/h5,8-9,11-12H,3-4,6-7,10H2,1-2H3,(H4,20,23,24,28)(H5,21,22,25,26,27). The minimum absolute atomic E-state index is 0.152. The molecule has 0 spiro atoms. The lowest BCUT2D eigenvalue weighted by atomic mass is 10.2. The van der Waals surface area contributed by atoms with E-state index in [0.717, 1.165) is 17.7 Å². The van der Waals surface area contributed by atoms with Crippen molar-refractivity contribution in [3.63, 3.8) is 0 Å². The van der Waals surface area contributed by atoms with Crippen LogP contribution in [-0.2, 0) is 19.4 Å². The van der Waals surface area contributed by atoms with Crippen molar-refractivity contribution in [2.75, 3.05) is 27.2 Å². The predicted octanol–water partition coefficient (Wildman–Crippen LogP) is 0.505. The maximum absolute atomic E-state index is 5.91. The van der Waals surface area contributed by atoms with Crippen molar-refractivity contribution in [3.8, 4) is 0 Å². The Morgan fingerprint density at radius 2 is 1.84 bits per heavy atom. The number of nitrogens with one attached hydrogen (secondary N) is 1. The van der Waals surface area contributed by atoms with Gasteiger partial charge in [0.2, 0.25) is 5.96 Å². The van der Waals surface area contributed by atoms with E-state index in [2.05, 4.69) is 48.2 Å². The number of hydrogen-bond acceptors (Lipinski definition) is 5. The van der Waals surface area contributed by atoms with Gasteiger partial charge in [0.05, 0.1) is 6.54 Å². The highest BCUT2D eigenvalue weighted by Gasteiger charge is 2.06. The van der Waals surface area contributed by atoms with Gasteiger partial charge in [-0.15, -0.1) is 11.3 Å². The van der Waals surface area contributed by atoms with Crippen LogP contribution < -0.4 is 28.3 Å². The van der Waals surface area contributed by atoms with Crippen molar-refractivity contribution in [3.05, 3.63) is 44.3 Å². The molecule has 0 saturated carbocycles. The molecule has 0 amide bonds. The molecule has 2 heterocycles. The number of nitrogens with two attached hydrogens (primary N) is 4. The van der Waals surface area contributed by atoms with Crippen molar-refractivity contribution in [2.24, 2.45) is 42.9 Å². The lowest BCUT2D eigenvalue weighted by molar-refractivity contribution is 0.503. The SMILES string of the molecule is CN=C(N)N=C(N)N(C)CCc1csc(CN=C(N)NC(N)=NCCc2ccsc2)c1. The van der Waals surface area contributed by atoms with Crippen LogP contribution >= 0.6 is 22.7 Å². The molecule has 2 aromatic heterocycles. The number of hydrogen-bond donors (Lipinski definition) is 5. The van der Waals surface area contributed by atoms with E-state index in [1.165, 1.54) is 11.1 Å². The normalized spacial score (nSPS) is 13.5. The molecule has 0 saturated heterocycles. The Kier molecular flexibility index (Phi) is 9.78. The Hall–Kier alpha value is -3.12. The smallest absolute Gasteiger partial charge is 0.218 e. The first kappa shape index (κ1) is 24.2. The number of nitrogens with zero attached hydrogens (tertiary/aromatic N) is 5. The average Bonchev–Trinajstić information content (AvgIpc) is 3.42. The van der Waals surface area contributed by atoms with E-state index >= 15 is 0 Å². The quantitative estimate of drug-likeness (QED) is 0.283. The molecule has 0 atom stereocenters. The van der Waals surface area contributed by atoms with Crippen molar-refractivity contribution >= 4 is 46.5 Å². The monoisotopic (exact) mass is 462 g/mol. The summed E-state index contributed by atoms with van der Waals surface area (Å²) in [6, 6.07) is 4.18. The number of rotatable bonds is 8. The first-order chi connectivity index (χ1) is 14.9. The summed E-state index contributed by atoms with van der Waals surface area (Å²) in [5, 5.41) is 9.06. The molecule has 9 N–H and O–H groups in total. The van der Waals surface area contributed by atoms with Crippen LogP contribution in [0, 0.1) is 0 Å². The van der Waals surface area contributed by atoms with Crippen molar-refractivity contribution in [2.45, 2.75) is 19.4 Å². The van der Waals surface area contributed by atoms with Crippen molar-refractivity contribution in [1.82, 2.24) is 10.2 Å². The minimum Gasteiger partial charge on any atom is -0.370 e. The molecule has 168 valence electrons. The molecule has 12 heteroatoms. The summed E-state index contributed by atoms with van der Waals surface area (Å²) in [7, 11) is 3.43. The highest BCUT2D eigenvalue weighted by molar-refractivity contribution is 7.10. The summed E-state index contributed by atoms with van der Waals surface area (Å²) in [6.07, 6.45) is 1.65. The van der Waals surface area contributed by atoms with Gasteiger partial charge in [0, 0.05) is 32.1 Å². The highest BCUT2D eigenvalue weighted by atomic mass is 32.1. The second-order valence-electron chi connectivity index (χ2n) is 6.62. The lowest BCUT2D eigenvalue weighted by Crippen LogP contribution is -2.41. The summed E-state index contributed by atoms with van der Waals surface area (Å²) < 4.78 is 0. The Balaban J connectivity index is 1.77. The van der Waals surface area contributed by atoms with Gasteiger partial charge in [0.25, 0.3) is 0 Å². The van der Waals surface area contributed by atoms with Gasteiger partial charge >= 0.3 is 0 Å². The van der Waals surface area contributed by atoms with Crippen LogP contribution in [0.5, 0.6) is 0 Å². The van der Waals surface area contributed by atoms with Gasteiger partial charge in [-0.1, -0.05) is 0 Å². The zero-order valence-corrected chi connectivity index (χ0v) is 19.4. The molecule has 2 rings (SSSR count). The van der Waals surface area contributed by atoms with E-state index in [1.54, 1.807) is 29.7 Å². The number of guanidine groups is 4. The van der Waals surface area contributed by atoms with E-state index in [0.29, 0.717) is 25.6 Å². The summed E-state index contributed by atoms with van der Waals surface area (Å²) >= 11 is 3.30. The van der Waals surface area contributed by atoms with Crippen LogP contribution in [0.15, 0.2) is 48.2 Å². The third kappa shape index (κ3) is 9.05. The van der Waals surface area contributed by atoms with Gasteiger partial charge in [-0.05, 0) is 52.2 Å². The predicted molar refractivity (Wildman–Crippen MR) is 133 cm³/mol. The van der Waals surface area contributed by atoms with Crippen molar-refractivity contribution in [1.29, 1.82) is 0 Å². The van der Waals surface area contributed by atoms with Gasteiger partial charge in [0.15, 0.2) is 17.9 Å². The number of likely N-dealkylation sites (N-methyl/N-ethyl adjacent to an activating group) is 1. The van der Waals surface area contributed by atoms with E-state index in [-0.39, 0.29) is 17.9 Å². The molecular formula is C19H30N10S2. The second kappa shape index (κ2) is 12.5. The molecule has 0 radical (unpaired) electrons. The molecule has 0 aliphatic carbocycles. The number of thiophene rings is 2. The maximum atomic E-state index is 5.91. The summed E-state index contributed by atoms with van der Waals surface area (Å²) in [5.74, 6) is 0.987. The van der Waals surface area contributed by atoms with Crippen molar-refractivity contribution < 1.29 is 0 Å².